The number of hydrogen-bond acceptors (Lipinski definition) is 3. The molecule has 2 N–H and O–H groups in total. The standard InChI is InChI=1S/C13H19NO3/c1-10-4-6-11(7-5-10)14(8-12(15)16)9-13(2,3)17/h4-7,17H,8-9H2,1-3H3,(H,15,16). The molecular weight excluding hydrogens is 218 g/mol. The molecule has 0 bridgehead atoms. The number of rotatable bonds is 5. The lowest BCUT2D eigenvalue weighted by Gasteiger charge is -2.29. The smallest absolute Gasteiger partial charge is 0.323 e. The molecule has 4 heteroatoms. The van der Waals surface area contributed by atoms with Crippen LogP contribution in [0.4, 0.5) is 5.69 Å². The maximum absolute atomic E-state index is 10.8. The minimum atomic E-state index is -0.930. The molecule has 0 saturated heterocycles. The van der Waals surface area contributed by atoms with Gasteiger partial charge in [0.15, 0.2) is 0 Å². The van der Waals surface area contributed by atoms with Crippen LogP contribution in [0.5, 0.6) is 0 Å². The van der Waals surface area contributed by atoms with Gasteiger partial charge in [-0.2, -0.15) is 0 Å². The van der Waals surface area contributed by atoms with Gasteiger partial charge in [0.2, 0.25) is 0 Å². The van der Waals surface area contributed by atoms with E-state index in [4.69, 9.17) is 5.11 Å². The van der Waals surface area contributed by atoms with E-state index in [0.29, 0.717) is 0 Å². The van der Waals surface area contributed by atoms with Crippen LogP contribution in [0, 0.1) is 6.92 Å². The molecule has 0 atom stereocenters. The van der Waals surface area contributed by atoms with Crippen LogP contribution in [-0.4, -0.2) is 34.9 Å². The second-order valence-corrected chi connectivity index (χ2v) is 4.90. The van der Waals surface area contributed by atoms with Crippen LogP contribution in [0.3, 0.4) is 0 Å². The van der Waals surface area contributed by atoms with Crippen LogP contribution in [-0.2, 0) is 4.79 Å². The Morgan fingerprint density at radius 1 is 1.29 bits per heavy atom. The summed E-state index contributed by atoms with van der Waals surface area (Å²) < 4.78 is 0. The molecule has 0 amide bonds. The maximum Gasteiger partial charge on any atom is 0.323 e. The molecule has 0 aliphatic heterocycles. The van der Waals surface area contributed by atoms with Crippen molar-refractivity contribution in [2.45, 2.75) is 26.4 Å². The van der Waals surface area contributed by atoms with Crippen LogP contribution in [0.1, 0.15) is 19.4 Å². The fraction of sp³-hybridized carbons (Fsp3) is 0.462. The third-order valence-corrected chi connectivity index (χ3v) is 2.30. The molecule has 17 heavy (non-hydrogen) atoms. The highest BCUT2D eigenvalue weighted by molar-refractivity contribution is 5.73. The zero-order valence-electron chi connectivity index (χ0n) is 10.5. The number of carbonyl (C=O) groups is 1. The van der Waals surface area contributed by atoms with E-state index in [9.17, 15) is 9.90 Å². The Balaban J connectivity index is 2.89. The zero-order chi connectivity index (χ0) is 13.1. The first-order valence-corrected chi connectivity index (χ1v) is 5.54. The summed E-state index contributed by atoms with van der Waals surface area (Å²) in [6.45, 7) is 5.46. The number of benzene rings is 1. The molecule has 0 unspecified atom stereocenters. The lowest BCUT2D eigenvalue weighted by Crippen LogP contribution is -2.41. The van der Waals surface area contributed by atoms with Gasteiger partial charge in [-0.05, 0) is 32.9 Å². The predicted molar refractivity (Wildman–Crippen MR) is 67.3 cm³/mol. The van der Waals surface area contributed by atoms with Crippen LogP contribution >= 0.6 is 0 Å². The van der Waals surface area contributed by atoms with Crippen molar-refractivity contribution in [1.82, 2.24) is 0 Å². The average Bonchev–Trinajstić information content (AvgIpc) is 2.14. The van der Waals surface area contributed by atoms with E-state index in [1.54, 1.807) is 18.7 Å². The van der Waals surface area contributed by atoms with Gasteiger partial charge in [0.25, 0.3) is 0 Å². The van der Waals surface area contributed by atoms with E-state index in [1.165, 1.54) is 0 Å². The largest absolute Gasteiger partial charge is 0.480 e. The Labute approximate surface area is 101 Å². The minimum absolute atomic E-state index is 0.118. The Bertz CT molecular complexity index is 379. The number of hydrogen-bond donors (Lipinski definition) is 2. The van der Waals surface area contributed by atoms with Gasteiger partial charge in [0, 0.05) is 12.2 Å². The second kappa shape index (κ2) is 5.19. The summed E-state index contributed by atoms with van der Waals surface area (Å²) in [6.07, 6.45) is 0. The van der Waals surface area contributed by atoms with Crippen molar-refractivity contribution in [3.63, 3.8) is 0 Å². The van der Waals surface area contributed by atoms with Crippen LogP contribution in [0.25, 0.3) is 0 Å². The molecule has 0 aliphatic carbocycles. The fourth-order valence-corrected chi connectivity index (χ4v) is 1.62. The van der Waals surface area contributed by atoms with Gasteiger partial charge >= 0.3 is 5.97 Å². The van der Waals surface area contributed by atoms with Gasteiger partial charge in [0.05, 0.1) is 5.60 Å². The maximum atomic E-state index is 10.8. The number of carboxylic acid groups (broad SMARTS) is 1. The van der Waals surface area contributed by atoms with Crippen molar-refractivity contribution in [3.05, 3.63) is 29.8 Å². The van der Waals surface area contributed by atoms with Crippen molar-refractivity contribution in [3.8, 4) is 0 Å². The average molecular weight is 237 g/mol. The van der Waals surface area contributed by atoms with Crippen molar-refractivity contribution >= 4 is 11.7 Å². The highest BCUT2D eigenvalue weighted by Gasteiger charge is 2.20. The van der Waals surface area contributed by atoms with Gasteiger partial charge in [-0.1, -0.05) is 17.7 Å². The van der Waals surface area contributed by atoms with E-state index in [1.807, 2.05) is 31.2 Å². The number of aryl methyl sites for hydroxylation is 1. The fourth-order valence-electron chi connectivity index (χ4n) is 1.62. The molecule has 0 saturated carbocycles. The van der Waals surface area contributed by atoms with Crippen LogP contribution in [0.15, 0.2) is 24.3 Å². The predicted octanol–water partition coefficient (Wildman–Crippen LogP) is 1.66. The first kappa shape index (κ1) is 13.5. The first-order chi connectivity index (χ1) is 7.78. The first-order valence-electron chi connectivity index (χ1n) is 5.54. The summed E-state index contributed by atoms with van der Waals surface area (Å²) in [6, 6.07) is 7.58. The molecule has 94 valence electrons. The lowest BCUT2D eigenvalue weighted by molar-refractivity contribution is -0.135. The third kappa shape index (κ3) is 4.87. The quantitative estimate of drug-likeness (QED) is 0.817. The van der Waals surface area contributed by atoms with Crippen molar-refractivity contribution in [1.29, 1.82) is 0 Å². The molecule has 0 fully saturated rings. The number of nitrogens with zero attached hydrogens (tertiary/aromatic N) is 1. The highest BCUT2D eigenvalue weighted by Crippen LogP contribution is 2.17. The Morgan fingerprint density at radius 2 is 1.82 bits per heavy atom. The molecule has 1 rings (SSSR count). The van der Waals surface area contributed by atoms with Gasteiger partial charge in [0.1, 0.15) is 6.54 Å². The van der Waals surface area contributed by atoms with Crippen molar-refractivity contribution < 1.29 is 15.0 Å². The molecule has 0 heterocycles. The van der Waals surface area contributed by atoms with Crippen LogP contribution < -0.4 is 4.90 Å². The van der Waals surface area contributed by atoms with E-state index in [-0.39, 0.29) is 13.1 Å². The van der Waals surface area contributed by atoms with E-state index in [2.05, 4.69) is 0 Å². The number of anilines is 1. The Kier molecular flexibility index (Phi) is 4.12. The van der Waals surface area contributed by atoms with Gasteiger partial charge in [-0.15, -0.1) is 0 Å². The summed E-state index contributed by atoms with van der Waals surface area (Å²) in [7, 11) is 0. The second-order valence-electron chi connectivity index (χ2n) is 4.90. The molecule has 4 nitrogen and oxygen atoms in total. The van der Waals surface area contributed by atoms with E-state index >= 15 is 0 Å². The minimum Gasteiger partial charge on any atom is -0.480 e. The number of aliphatic hydroxyl groups is 1. The van der Waals surface area contributed by atoms with Crippen molar-refractivity contribution in [2.75, 3.05) is 18.0 Å². The summed E-state index contributed by atoms with van der Waals surface area (Å²) >= 11 is 0. The molecular formula is C13H19NO3. The molecule has 0 aromatic heterocycles. The normalized spacial score (nSPS) is 11.3. The molecule has 1 aromatic carbocycles. The zero-order valence-corrected chi connectivity index (χ0v) is 10.5. The van der Waals surface area contributed by atoms with Crippen LogP contribution in [0.2, 0.25) is 0 Å². The van der Waals surface area contributed by atoms with Gasteiger partial charge in [-0.25, -0.2) is 0 Å². The molecule has 0 spiro atoms. The monoisotopic (exact) mass is 237 g/mol. The van der Waals surface area contributed by atoms with E-state index in [0.717, 1.165) is 11.3 Å². The summed E-state index contributed by atoms with van der Waals surface area (Å²) in [4.78, 5) is 12.5. The SMILES string of the molecule is Cc1ccc(N(CC(=O)O)CC(C)(C)O)cc1. The molecule has 0 aliphatic rings. The molecule has 1 aromatic rings. The van der Waals surface area contributed by atoms with Gasteiger partial charge < -0.3 is 15.1 Å². The number of aliphatic carboxylic acids is 1. The third-order valence-electron chi connectivity index (χ3n) is 2.30. The Morgan fingerprint density at radius 3 is 2.24 bits per heavy atom. The lowest BCUT2D eigenvalue weighted by atomic mass is 10.1. The number of carboxylic acids is 1. The highest BCUT2D eigenvalue weighted by atomic mass is 16.4. The van der Waals surface area contributed by atoms with Crippen molar-refractivity contribution in [2.24, 2.45) is 0 Å². The topological polar surface area (TPSA) is 60.8 Å². The Hall–Kier alpha value is -1.55. The summed E-state index contributed by atoms with van der Waals surface area (Å²) in [5.41, 5.74) is 0.993. The molecule has 0 radical (unpaired) electrons. The van der Waals surface area contributed by atoms with E-state index < -0.39 is 11.6 Å². The summed E-state index contributed by atoms with van der Waals surface area (Å²) in [5, 5.41) is 18.7. The van der Waals surface area contributed by atoms with Gasteiger partial charge in [-0.3, -0.25) is 4.79 Å². The summed E-state index contributed by atoms with van der Waals surface area (Å²) in [5.74, 6) is -0.908.